The van der Waals surface area contributed by atoms with Gasteiger partial charge in [0.15, 0.2) is 0 Å². The minimum absolute atomic E-state index is 0.0177. The Morgan fingerprint density at radius 1 is 1.16 bits per heavy atom. The van der Waals surface area contributed by atoms with Crippen molar-refractivity contribution in [3.8, 4) is 5.75 Å². The second-order valence-corrected chi connectivity index (χ2v) is 6.41. The largest absolute Gasteiger partial charge is 0.494 e. The third-order valence-corrected chi connectivity index (χ3v) is 4.45. The van der Waals surface area contributed by atoms with Gasteiger partial charge in [-0.2, -0.15) is 0 Å². The zero-order valence-corrected chi connectivity index (χ0v) is 14.8. The molecule has 1 aliphatic heterocycles. The monoisotopic (exact) mass is 359 g/mol. The number of amides is 1. The molecule has 2 aromatic rings. The van der Waals surface area contributed by atoms with Gasteiger partial charge in [0.05, 0.1) is 6.61 Å². The summed E-state index contributed by atoms with van der Waals surface area (Å²) in [5.41, 5.74) is 8.42. The van der Waals surface area contributed by atoms with Gasteiger partial charge in [-0.25, -0.2) is 10.9 Å². The molecule has 0 aliphatic carbocycles. The lowest BCUT2D eigenvalue weighted by molar-refractivity contribution is -0.123. The standard InChI is InChI=1S/C19H22ClN3O2/c1-2-25-16-9-5-14(6-10-16)17-11-18(23-22-17)19(24)21-12-13-3-7-15(20)8-4-13/h3-10,17-18,22-23H,2,11-12H2,1H3,(H,21,24). The number of carbonyl (C=O) groups is 1. The van der Waals surface area contributed by atoms with E-state index in [1.54, 1.807) is 0 Å². The molecule has 1 fully saturated rings. The Hall–Kier alpha value is -2.08. The van der Waals surface area contributed by atoms with Crippen LogP contribution in [0.3, 0.4) is 0 Å². The van der Waals surface area contributed by atoms with E-state index in [0.717, 1.165) is 16.9 Å². The average Bonchev–Trinajstić information content (AvgIpc) is 3.12. The smallest absolute Gasteiger partial charge is 0.238 e. The van der Waals surface area contributed by atoms with E-state index in [1.165, 1.54) is 0 Å². The first kappa shape index (κ1) is 17.7. The van der Waals surface area contributed by atoms with E-state index in [1.807, 2.05) is 55.5 Å². The van der Waals surface area contributed by atoms with Crippen LogP contribution in [-0.4, -0.2) is 18.6 Å². The number of halogens is 1. The number of nitrogens with one attached hydrogen (secondary N) is 3. The normalized spacial score (nSPS) is 19.6. The maximum absolute atomic E-state index is 12.3. The zero-order chi connectivity index (χ0) is 17.6. The molecule has 0 bridgehead atoms. The first-order valence-electron chi connectivity index (χ1n) is 8.41. The zero-order valence-electron chi connectivity index (χ0n) is 14.1. The Bertz CT molecular complexity index is 704. The van der Waals surface area contributed by atoms with Crippen LogP contribution in [0.25, 0.3) is 0 Å². The molecular weight excluding hydrogens is 338 g/mol. The van der Waals surface area contributed by atoms with Crippen molar-refractivity contribution in [3.05, 3.63) is 64.7 Å². The Morgan fingerprint density at radius 2 is 1.88 bits per heavy atom. The van der Waals surface area contributed by atoms with E-state index in [4.69, 9.17) is 16.3 Å². The van der Waals surface area contributed by atoms with Gasteiger partial charge in [0.2, 0.25) is 5.91 Å². The van der Waals surface area contributed by atoms with E-state index in [9.17, 15) is 4.79 Å². The number of hydrogen-bond acceptors (Lipinski definition) is 4. The molecular formula is C19H22ClN3O2. The van der Waals surface area contributed by atoms with Gasteiger partial charge in [0.25, 0.3) is 0 Å². The summed E-state index contributed by atoms with van der Waals surface area (Å²) in [6, 6.07) is 15.3. The number of ether oxygens (including phenoxy) is 1. The Labute approximate surface area is 152 Å². The molecule has 0 radical (unpaired) electrons. The minimum Gasteiger partial charge on any atom is -0.494 e. The summed E-state index contributed by atoms with van der Waals surface area (Å²) in [4.78, 5) is 12.3. The topological polar surface area (TPSA) is 62.4 Å². The summed E-state index contributed by atoms with van der Waals surface area (Å²) in [7, 11) is 0. The molecule has 2 unspecified atom stereocenters. The summed E-state index contributed by atoms with van der Waals surface area (Å²) in [6.07, 6.45) is 0.695. The van der Waals surface area contributed by atoms with Crippen LogP contribution in [0.2, 0.25) is 5.02 Å². The van der Waals surface area contributed by atoms with Crippen molar-refractivity contribution in [3.63, 3.8) is 0 Å². The molecule has 1 aliphatic rings. The van der Waals surface area contributed by atoms with Crippen LogP contribution in [0.1, 0.15) is 30.5 Å². The van der Waals surface area contributed by atoms with Gasteiger partial charge in [0, 0.05) is 17.6 Å². The van der Waals surface area contributed by atoms with E-state index in [0.29, 0.717) is 24.6 Å². The van der Waals surface area contributed by atoms with Crippen molar-refractivity contribution in [2.45, 2.75) is 32.0 Å². The molecule has 2 aromatic carbocycles. The maximum Gasteiger partial charge on any atom is 0.238 e. The van der Waals surface area contributed by atoms with Crippen molar-refractivity contribution >= 4 is 17.5 Å². The third kappa shape index (κ3) is 4.72. The Balaban J connectivity index is 1.51. The van der Waals surface area contributed by atoms with Crippen LogP contribution in [0.15, 0.2) is 48.5 Å². The number of carbonyl (C=O) groups excluding carboxylic acids is 1. The SMILES string of the molecule is CCOc1ccc(C2CC(C(=O)NCc3ccc(Cl)cc3)NN2)cc1. The fourth-order valence-electron chi connectivity index (χ4n) is 2.82. The fraction of sp³-hybridized carbons (Fsp3) is 0.316. The van der Waals surface area contributed by atoms with Gasteiger partial charge in [-0.15, -0.1) is 0 Å². The lowest BCUT2D eigenvalue weighted by Crippen LogP contribution is -2.42. The fourth-order valence-corrected chi connectivity index (χ4v) is 2.95. The van der Waals surface area contributed by atoms with E-state index in [2.05, 4.69) is 16.2 Å². The number of benzene rings is 2. The van der Waals surface area contributed by atoms with Gasteiger partial charge in [0.1, 0.15) is 11.8 Å². The summed E-state index contributed by atoms with van der Waals surface area (Å²) < 4.78 is 5.46. The highest BCUT2D eigenvalue weighted by Crippen LogP contribution is 2.24. The molecule has 25 heavy (non-hydrogen) atoms. The molecule has 1 amide bonds. The van der Waals surface area contributed by atoms with Crippen molar-refractivity contribution in [1.82, 2.24) is 16.2 Å². The molecule has 132 valence electrons. The average molecular weight is 360 g/mol. The van der Waals surface area contributed by atoms with Crippen LogP contribution < -0.4 is 20.9 Å². The predicted octanol–water partition coefficient (Wildman–Crippen LogP) is 2.96. The predicted molar refractivity (Wildman–Crippen MR) is 98.3 cm³/mol. The molecule has 2 atom stereocenters. The summed E-state index contributed by atoms with van der Waals surface area (Å²) in [5.74, 6) is 0.838. The summed E-state index contributed by atoms with van der Waals surface area (Å²) >= 11 is 5.87. The molecule has 1 heterocycles. The van der Waals surface area contributed by atoms with Gasteiger partial charge in [-0.1, -0.05) is 35.9 Å². The Morgan fingerprint density at radius 3 is 2.56 bits per heavy atom. The summed E-state index contributed by atoms with van der Waals surface area (Å²) in [5, 5.41) is 3.64. The van der Waals surface area contributed by atoms with Crippen LogP contribution in [-0.2, 0) is 11.3 Å². The molecule has 0 spiro atoms. The number of hydrazine groups is 1. The van der Waals surface area contributed by atoms with Crippen molar-refractivity contribution in [1.29, 1.82) is 0 Å². The van der Waals surface area contributed by atoms with Crippen molar-refractivity contribution in [2.24, 2.45) is 0 Å². The first-order chi connectivity index (χ1) is 12.2. The second kappa shape index (κ2) is 8.34. The molecule has 3 rings (SSSR count). The van der Waals surface area contributed by atoms with Crippen LogP contribution in [0, 0.1) is 0 Å². The van der Waals surface area contributed by atoms with E-state index >= 15 is 0 Å². The quantitative estimate of drug-likeness (QED) is 0.742. The van der Waals surface area contributed by atoms with E-state index < -0.39 is 0 Å². The highest BCUT2D eigenvalue weighted by Gasteiger charge is 2.29. The molecule has 5 nitrogen and oxygen atoms in total. The number of hydrogen-bond donors (Lipinski definition) is 3. The first-order valence-corrected chi connectivity index (χ1v) is 8.79. The molecule has 1 saturated heterocycles. The minimum atomic E-state index is -0.260. The maximum atomic E-state index is 12.3. The highest BCUT2D eigenvalue weighted by molar-refractivity contribution is 6.30. The number of rotatable bonds is 6. The van der Waals surface area contributed by atoms with Crippen LogP contribution >= 0.6 is 11.6 Å². The third-order valence-electron chi connectivity index (χ3n) is 4.19. The van der Waals surface area contributed by atoms with Crippen molar-refractivity contribution < 1.29 is 9.53 Å². The van der Waals surface area contributed by atoms with Crippen LogP contribution in [0.5, 0.6) is 5.75 Å². The molecule has 0 aromatic heterocycles. The van der Waals surface area contributed by atoms with Crippen LogP contribution in [0.4, 0.5) is 0 Å². The van der Waals surface area contributed by atoms with Gasteiger partial charge >= 0.3 is 0 Å². The lowest BCUT2D eigenvalue weighted by Gasteiger charge is -2.11. The Kier molecular flexibility index (Phi) is 5.91. The molecule has 0 saturated carbocycles. The molecule has 3 N–H and O–H groups in total. The van der Waals surface area contributed by atoms with Gasteiger partial charge < -0.3 is 10.1 Å². The second-order valence-electron chi connectivity index (χ2n) is 5.98. The summed E-state index contributed by atoms with van der Waals surface area (Å²) in [6.45, 7) is 3.10. The van der Waals surface area contributed by atoms with E-state index in [-0.39, 0.29) is 18.0 Å². The molecule has 6 heteroatoms. The highest BCUT2D eigenvalue weighted by atomic mass is 35.5. The van der Waals surface area contributed by atoms with Gasteiger partial charge in [-0.3, -0.25) is 4.79 Å². The lowest BCUT2D eigenvalue weighted by atomic mass is 10.0. The van der Waals surface area contributed by atoms with Crippen molar-refractivity contribution in [2.75, 3.05) is 6.61 Å². The van der Waals surface area contributed by atoms with Gasteiger partial charge in [-0.05, 0) is 48.7 Å².